The Balaban J connectivity index is 1.20. The highest BCUT2D eigenvalue weighted by Gasteiger charge is 2.26. The first-order valence-corrected chi connectivity index (χ1v) is 12.5. The van der Waals surface area contributed by atoms with Crippen LogP contribution in [0.1, 0.15) is 21.7 Å². The van der Waals surface area contributed by atoms with Crippen LogP contribution in [0.4, 0.5) is 10.2 Å². The average molecular weight is 514 g/mol. The lowest BCUT2D eigenvalue weighted by Crippen LogP contribution is -2.52. The molecule has 38 heavy (non-hydrogen) atoms. The summed E-state index contributed by atoms with van der Waals surface area (Å²) >= 11 is 0. The van der Waals surface area contributed by atoms with Crippen LogP contribution in [0.5, 0.6) is 0 Å². The third-order valence-electron chi connectivity index (χ3n) is 6.59. The maximum Gasteiger partial charge on any atom is 0.254 e. The minimum Gasteiger partial charge on any atom is -0.467 e. The lowest BCUT2D eigenvalue weighted by molar-refractivity contribution is -0.132. The number of anilines is 1. The van der Waals surface area contributed by atoms with Gasteiger partial charge in [-0.05, 0) is 55.5 Å². The molecule has 0 N–H and O–H groups in total. The molecule has 1 aliphatic heterocycles. The van der Waals surface area contributed by atoms with E-state index in [9.17, 15) is 14.0 Å². The van der Waals surface area contributed by atoms with Gasteiger partial charge in [0.05, 0.1) is 18.5 Å². The van der Waals surface area contributed by atoms with E-state index in [-0.39, 0.29) is 24.9 Å². The normalized spacial score (nSPS) is 13.4. The van der Waals surface area contributed by atoms with E-state index in [0.717, 1.165) is 17.1 Å². The summed E-state index contributed by atoms with van der Waals surface area (Å²) in [6.45, 7) is 4.28. The van der Waals surface area contributed by atoms with E-state index < -0.39 is 5.82 Å². The first-order chi connectivity index (χ1) is 18.5. The van der Waals surface area contributed by atoms with Gasteiger partial charge in [-0.15, -0.1) is 10.2 Å². The van der Waals surface area contributed by atoms with E-state index in [1.165, 1.54) is 41.0 Å². The largest absolute Gasteiger partial charge is 0.467 e. The van der Waals surface area contributed by atoms with E-state index in [1.807, 2.05) is 43.3 Å². The van der Waals surface area contributed by atoms with Crippen LogP contribution in [-0.4, -0.2) is 64.5 Å². The highest BCUT2D eigenvalue weighted by molar-refractivity contribution is 5.96. The van der Waals surface area contributed by atoms with Gasteiger partial charge in [-0.3, -0.25) is 9.59 Å². The number of aromatic nitrogens is 2. The Bertz CT molecular complexity index is 1370. The first kappa shape index (κ1) is 25.1. The number of piperazine rings is 1. The number of nitrogens with zero attached hydrogens (tertiary/aromatic N) is 5. The van der Waals surface area contributed by atoms with Crippen LogP contribution in [0, 0.1) is 12.7 Å². The second-order valence-corrected chi connectivity index (χ2v) is 9.26. The Morgan fingerprint density at radius 2 is 1.66 bits per heavy atom. The van der Waals surface area contributed by atoms with Crippen molar-refractivity contribution in [2.45, 2.75) is 13.5 Å². The smallest absolute Gasteiger partial charge is 0.254 e. The van der Waals surface area contributed by atoms with Gasteiger partial charge in [-0.2, -0.15) is 0 Å². The summed E-state index contributed by atoms with van der Waals surface area (Å²) in [7, 11) is 0. The fourth-order valence-corrected chi connectivity index (χ4v) is 4.39. The predicted octanol–water partition coefficient (Wildman–Crippen LogP) is 4.18. The lowest BCUT2D eigenvalue weighted by Gasteiger charge is -2.36. The van der Waals surface area contributed by atoms with Crippen molar-refractivity contribution in [2.75, 3.05) is 37.6 Å². The fourth-order valence-electron chi connectivity index (χ4n) is 4.39. The van der Waals surface area contributed by atoms with E-state index in [4.69, 9.17) is 4.42 Å². The van der Waals surface area contributed by atoms with Crippen LogP contribution < -0.4 is 4.90 Å². The van der Waals surface area contributed by atoms with Crippen molar-refractivity contribution < 1.29 is 18.4 Å². The Hall–Kier alpha value is -4.53. The maximum atomic E-state index is 13.4. The molecule has 0 radical (unpaired) electrons. The van der Waals surface area contributed by atoms with Gasteiger partial charge >= 0.3 is 0 Å². The summed E-state index contributed by atoms with van der Waals surface area (Å²) in [6.07, 6.45) is 1.52. The van der Waals surface area contributed by atoms with Gasteiger partial charge < -0.3 is 19.1 Å². The minimum atomic E-state index is -0.428. The summed E-state index contributed by atoms with van der Waals surface area (Å²) in [4.78, 5) is 31.6. The van der Waals surface area contributed by atoms with Gasteiger partial charge in [0.15, 0.2) is 5.82 Å². The van der Waals surface area contributed by atoms with Crippen molar-refractivity contribution in [1.29, 1.82) is 0 Å². The number of rotatable bonds is 7. The molecule has 2 amide bonds. The molecule has 0 unspecified atom stereocenters. The molecule has 1 fully saturated rings. The van der Waals surface area contributed by atoms with Crippen molar-refractivity contribution in [3.05, 3.63) is 102 Å². The van der Waals surface area contributed by atoms with E-state index in [2.05, 4.69) is 15.1 Å². The molecule has 0 atom stereocenters. The molecule has 3 heterocycles. The Morgan fingerprint density at radius 1 is 0.921 bits per heavy atom. The molecule has 2 aromatic heterocycles. The van der Waals surface area contributed by atoms with Crippen molar-refractivity contribution >= 4 is 17.6 Å². The SMILES string of the molecule is Cc1ccc(-c2ccc(N3CCN(C(=O)CN(Cc4ccco4)C(=O)c4ccc(F)cc4)CC3)nn2)cc1. The number of hydrogen-bond donors (Lipinski definition) is 0. The molecule has 0 spiro atoms. The Labute approximate surface area is 220 Å². The Morgan fingerprint density at radius 3 is 2.29 bits per heavy atom. The van der Waals surface area contributed by atoms with Crippen LogP contribution in [0.15, 0.2) is 83.5 Å². The molecular weight excluding hydrogens is 485 g/mol. The molecular formula is C29H28FN5O3. The molecule has 0 bridgehead atoms. The summed E-state index contributed by atoms with van der Waals surface area (Å²) in [6, 6.07) is 20.8. The van der Waals surface area contributed by atoms with E-state index in [1.54, 1.807) is 17.0 Å². The standard InChI is InChI=1S/C29H28FN5O3/c1-21-4-6-22(7-5-21)26-12-13-27(32-31-26)33-14-16-34(17-15-33)28(36)20-35(19-25-3-2-18-38-25)29(37)23-8-10-24(30)11-9-23/h2-13,18H,14-17,19-20H2,1H3. The highest BCUT2D eigenvalue weighted by Crippen LogP contribution is 2.20. The summed E-state index contributed by atoms with van der Waals surface area (Å²) < 4.78 is 18.8. The topological polar surface area (TPSA) is 82.8 Å². The Kier molecular flexibility index (Phi) is 7.44. The van der Waals surface area contributed by atoms with Gasteiger partial charge in [0.2, 0.25) is 5.91 Å². The van der Waals surface area contributed by atoms with Crippen LogP contribution in [-0.2, 0) is 11.3 Å². The van der Waals surface area contributed by atoms with Crippen LogP contribution in [0.25, 0.3) is 11.3 Å². The van der Waals surface area contributed by atoms with Crippen molar-refractivity contribution in [3.8, 4) is 11.3 Å². The average Bonchev–Trinajstić information content (AvgIpc) is 3.47. The third kappa shape index (κ3) is 5.88. The molecule has 0 aliphatic carbocycles. The molecule has 2 aromatic carbocycles. The first-order valence-electron chi connectivity index (χ1n) is 12.5. The molecule has 1 saturated heterocycles. The zero-order chi connectivity index (χ0) is 26.5. The molecule has 1 aliphatic rings. The fraction of sp³-hybridized carbons (Fsp3) is 0.241. The molecule has 0 saturated carbocycles. The number of carbonyl (C=O) groups is 2. The van der Waals surface area contributed by atoms with E-state index >= 15 is 0 Å². The molecule has 5 rings (SSSR count). The van der Waals surface area contributed by atoms with Gasteiger partial charge in [0, 0.05) is 37.3 Å². The van der Waals surface area contributed by atoms with Crippen LogP contribution >= 0.6 is 0 Å². The summed E-state index contributed by atoms with van der Waals surface area (Å²) in [5.74, 6) is 0.372. The number of carbonyl (C=O) groups excluding carboxylic acids is 2. The van der Waals surface area contributed by atoms with Crippen LogP contribution in [0.3, 0.4) is 0 Å². The lowest BCUT2D eigenvalue weighted by atomic mass is 10.1. The van der Waals surface area contributed by atoms with Crippen molar-refractivity contribution in [3.63, 3.8) is 0 Å². The van der Waals surface area contributed by atoms with E-state index in [0.29, 0.717) is 37.5 Å². The third-order valence-corrected chi connectivity index (χ3v) is 6.59. The number of amides is 2. The molecule has 4 aromatic rings. The van der Waals surface area contributed by atoms with Gasteiger partial charge in [0.1, 0.15) is 18.1 Å². The monoisotopic (exact) mass is 513 g/mol. The summed E-state index contributed by atoms with van der Waals surface area (Å²) in [5.41, 5.74) is 3.32. The molecule has 9 heteroatoms. The second kappa shape index (κ2) is 11.2. The maximum absolute atomic E-state index is 13.4. The number of halogens is 1. The molecule has 194 valence electrons. The number of aryl methyl sites for hydroxylation is 1. The van der Waals surface area contributed by atoms with Crippen molar-refractivity contribution in [1.82, 2.24) is 20.0 Å². The highest BCUT2D eigenvalue weighted by atomic mass is 19.1. The number of benzene rings is 2. The van der Waals surface area contributed by atoms with Crippen molar-refractivity contribution in [2.24, 2.45) is 0 Å². The number of hydrogen-bond acceptors (Lipinski definition) is 6. The van der Waals surface area contributed by atoms with Gasteiger partial charge in [0.25, 0.3) is 5.91 Å². The zero-order valence-electron chi connectivity index (χ0n) is 21.1. The minimum absolute atomic E-state index is 0.109. The summed E-state index contributed by atoms with van der Waals surface area (Å²) in [5, 5.41) is 8.79. The second-order valence-electron chi connectivity index (χ2n) is 9.26. The number of furan rings is 1. The van der Waals surface area contributed by atoms with Gasteiger partial charge in [-0.25, -0.2) is 4.39 Å². The predicted molar refractivity (Wildman–Crippen MR) is 141 cm³/mol. The zero-order valence-corrected chi connectivity index (χ0v) is 21.1. The molecule has 8 nitrogen and oxygen atoms in total. The van der Waals surface area contributed by atoms with Gasteiger partial charge in [-0.1, -0.05) is 29.8 Å². The van der Waals surface area contributed by atoms with Crippen LogP contribution in [0.2, 0.25) is 0 Å². The quantitative estimate of drug-likeness (QED) is 0.369.